The van der Waals surface area contributed by atoms with Gasteiger partial charge in [-0.2, -0.15) is 5.26 Å². The molecule has 1 aromatic heterocycles. The molecule has 0 amide bonds. The first-order chi connectivity index (χ1) is 11.6. The fourth-order valence-corrected chi connectivity index (χ4v) is 2.52. The van der Waals surface area contributed by atoms with E-state index in [1.165, 1.54) is 0 Å². The van der Waals surface area contributed by atoms with Crippen LogP contribution < -0.4 is 4.74 Å². The Labute approximate surface area is 141 Å². The van der Waals surface area contributed by atoms with Gasteiger partial charge in [0.05, 0.1) is 22.7 Å². The van der Waals surface area contributed by atoms with E-state index in [2.05, 4.69) is 16.0 Å². The highest BCUT2D eigenvalue weighted by Gasteiger charge is 2.10. The molecule has 4 nitrogen and oxygen atoms in total. The fourth-order valence-electron chi connectivity index (χ4n) is 2.52. The number of hydrogen-bond acceptors (Lipinski definition) is 3. The van der Waals surface area contributed by atoms with Crippen molar-refractivity contribution in [2.24, 2.45) is 0 Å². The predicted molar refractivity (Wildman–Crippen MR) is 96.5 cm³/mol. The molecule has 1 N–H and O–H groups in total. The lowest BCUT2D eigenvalue weighted by Gasteiger charge is -2.12. The zero-order valence-electron chi connectivity index (χ0n) is 14.0. The van der Waals surface area contributed by atoms with E-state index in [-0.39, 0.29) is 6.10 Å². The molecule has 0 saturated heterocycles. The number of para-hydroxylation sites is 1. The minimum Gasteiger partial charge on any atom is -0.490 e. The van der Waals surface area contributed by atoms with Gasteiger partial charge in [0.15, 0.2) is 0 Å². The molecule has 0 aliphatic rings. The van der Waals surface area contributed by atoms with Crippen molar-refractivity contribution >= 4 is 22.7 Å². The van der Waals surface area contributed by atoms with Gasteiger partial charge in [-0.1, -0.05) is 24.3 Å². The standard InChI is InChI=1S/C20H19N3O/c1-13(2)24-19-7-5-4-6-15(19)11-16(12-21)20-22-17-9-8-14(3)10-18(17)23-20/h4-11,13H,1-3H3,(H,22,23). The van der Waals surface area contributed by atoms with Crippen LogP contribution in [0.15, 0.2) is 42.5 Å². The number of hydrogen-bond donors (Lipinski definition) is 1. The Morgan fingerprint density at radius 2 is 2.04 bits per heavy atom. The van der Waals surface area contributed by atoms with E-state index in [1.54, 1.807) is 0 Å². The first kappa shape index (κ1) is 15.8. The Hall–Kier alpha value is -3.06. The van der Waals surface area contributed by atoms with Gasteiger partial charge in [-0.3, -0.25) is 0 Å². The first-order valence-electron chi connectivity index (χ1n) is 7.91. The first-order valence-corrected chi connectivity index (χ1v) is 7.91. The summed E-state index contributed by atoms with van der Waals surface area (Å²) in [6, 6.07) is 15.9. The third kappa shape index (κ3) is 3.31. The van der Waals surface area contributed by atoms with Crippen LogP contribution in [0.3, 0.4) is 0 Å². The number of aromatic nitrogens is 2. The maximum absolute atomic E-state index is 9.57. The third-order valence-electron chi connectivity index (χ3n) is 3.59. The van der Waals surface area contributed by atoms with Gasteiger partial charge in [-0.15, -0.1) is 0 Å². The van der Waals surface area contributed by atoms with Crippen molar-refractivity contribution < 1.29 is 4.74 Å². The average molecular weight is 317 g/mol. The molecule has 120 valence electrons. The Kier molecular flexibility index (Phi) is 4.35. The molecule has 0 fully saturated rings. The van der Waals surface area contributed by atoms with Crippen LogP contribution in [-0.4, -0.2) is 16.1 Å². The van der Waals surface area contributed by atoms with E-state index in [1.807, 2.05) is 69.3 Å². The molecule has 0 radical (unpaired) electrons. The van der Waals surface area contributed by atoms with Gasteiger partial charge >= 0.3 is 0 Å². The highest BCUT2D eigenvalue weighted by atomic mass is 16.5. The third-order valence-corrected chi connectivity index (χ3v) is 3.59. The van der Waals surface area contributed by atoms with Crippen LogP contribution in [0.1, 0.15) is 30.8 Å². The second kappa shape index (κ2) is 6.59. The van der Waals surface area contributed by atoms with E-state index in [4.69, 9.17) is 4.74 Å². The number of ether oxygens (including phenoxy) is 1. The molecule has 0 unspecified atom stereocenters. The molecule has 2 aromatic carbocycles. The van der Waals surface area contributed by atoms with Crippen LogP contribution in [0.5, 0.6) is 5.75 Å². The van der Waals surface area contributed by atoms with E-state index < -0.39 is 0 Å². The highest BCUT2D eigenvalue weighted by molar-refractivity contribution is 5.91. The lowest BCUT2D eigenvalue weighted by molar-refractivity contribution is 0.242. The summed E-state index contributed by atoms with van der Waals surface area (Å²) in [5.74, 6) is 1.32. The van der Waals surface area contributed by atoms with Gasteiger partial charge in [-0.25, -0.2) is 4.98 Å². The van der Waals surface area contributed by atoms with Gasteiger partial charge in [-0.05, 0) is 50.6 Å². The summed E-state index contributed by atoms with van der Waals surface area (Å²) in [7, 11) is 0. The molecule has 3 aromatic rings. The topological polar surface area (TPSA) is 61.7 Å². The lowest BCUT2D eigenvalue weighted by Crippen LogP contribution is -2.06. The number of aryl methyl sites for hydroxylation is 1. The number of benzene rings is 2. The summed E-state index contributed by atoms with van der Waals surface area (Å²) < 4.78 is 5.82. The number of aromatic amines is 1. The SMILES string of the molecule is Cc1ccc2nc(C(C#N)=Cc3ccccc3OC(C)C)[nH]c2c1. The van der Waals surface area contributed by atoms with Crippen molar-refractivity contribution in [1.82, 2.24) is 9.97 Å². The summed E-state index contributed by atoms with van der Waals surface area (Å²) in [5.41, 5.74) is 4.26. The van der Waals surface area contributed by atoms with Crippen LogP contribution >= 0.6 is 0 Å². The molecule has 24 heavy (non-hydrogen) atoms. The monoisotopic (exact) mass is 317 g/mol. The Bertz CT molecular complexity index is 945. The molecule has 0 bridgehead atoms. The number of nitriles is 1. The largest absolute Gasteiger partial charge is 0.490 e. The minimum absolute atomic E-state index is 0.0688. The summed E-state index contributed by atoms with van der Waals surface area (Å²) >= 11 is 0. The number of imidazole rings is 1. The molecular weight excluding hydrogens is 298 g/mol. The van der Waals surface area contributed by atoms with Crippen LogP contribution in [0.25, 0.3) is 22.7 Å². The quantitative estimate of drug-likeness (QED) is 0.708. The van der Waals surface area contributed by atoms with Crippen molar-refractivity contribution in [2.75, 3.05) is 0 Å². The van der Waals surface area contributed by atoms with Gasteiger partial charge in [0.25, 0.3) is 0 Å². The molecule has 4 heteroatoms. The summed E-state index contributed by atoms with van der Waals surface area (Å²) in [6.07, 6.45) is 1.88. The molecule has 0 saturated carbocycles. The van der Waals surface area contributed by atoms with Crippen molar-refractivity contribution in [3.05, 3.63) is 59.4 Å². The zero-order chi connectivity index (χ0) is 17.1. The average Bonchev–Trinajstić information content (AvgIpc) is 2.96. The molecule has 3 rings (SSSR count). The van der Waals surface area contributed by atoms with E-state index in [0.717, 1.165) is 27.9 Å². The van der Waals surface area contributed by atoms with Gasteiger partial charge in [0, 0.05) is 5.56 Å². The smallest absolute Gasteiger partial charge is 0.149 e. The van der Waals surface area contributed by atoms with Crippen molar-refractivity contribution in [1.29, 1.82) is 5.26 Å². The summed E-state index contributed by atoms with van der Waals surface area (Å²) in [5, 5.41) is 9.57. The van der Waals surface area contributed by atoms with Crippen LogP contribution in [0, 0.1) is 18.3 Å². The van der Waals surface area contributed by atoms with Gasteiger partial charge in [0.2, 0.25) is 0 Å². The molecule has 0 aliphatic carbocycles. The van der Waals surface area contributed by atoms with Crippen molar-refractivity contribution in [3.63, 3.8) is 0 Å². The van der Waals surface area contributed by atoms with E-state index in [9.17, 15) is 5.26 Å². The second-order valence-electron chi connectivity index (χ2n) is 5.98. The van der Waals surface area contributed by atoms with Crippen molar-refractivity contribution in [2.45, 2.75) is 26.9 Å². The normalized spacial score (nSPS) is 11.7. The van der Waals surface area contributed by atoms with Crippen LogP contribution in [0.2, 0.25) is 0 Å². The van der Waals surface area contributed by atoms with Gasteiger partial charge < -0.3 is 9.72 Å². The number of allylic oxidation sites excluding steroid dienone is 1. The molecule has 1 heterocycles. The maximum Gasteiger partial charge on any atom is 0.149 e. The molecular formula is C20H19N3O. The maximum atomic E-state index is 9.57. The van der Waals surface area contributed by atoms with Gasteiger partial charge in [0.1, 0.15) is 17.6 Å². The molecule has 0 spiro atoms. The highest BCUT2D eigenvalue weighted by Crippen LogP contribution is 2.25. The molecule has 0 aliphatic heterocycles. The predicted octanol–water partition coefficient (Wildman–Crippen LogP) is 4.72. The Morgan fingerprint density at radius 3 is 2.79 bits per heavy atom. The van der Waals surface area contributed by atoms with E-state index >= 15 is 0 Å². The lowest BCUT2D eigenvalue weighted by atomic mass is 10.1. The number of nitrogens with zero attached hydrogens (tertiary/aromatic N) is 2. The van der Waals surface area contributed by atoms with Crippen LogP contribution in [0.4, 0.5) is 0 Å². The number of nitrogens with one attached hydrogen (secondary N) is 1. The minimum atomic E-state index is 0.0688. The van der Waals surface area contributed by atoms with Crippen molar-refractivity contribution in [3.8, 4) is 11.8 Å². The van der Waals surface area contributed by atoms with E-state index in [0.29, 0.717) is 11.4 Å². The summed E-state index contributed by atoms with van der Waals surface area (Å²) in [4.78, 5) is 7.75. The Balaban J connectivity index is 2.05. The Morgan fingerprint density at radius 1 is 1.25 bits per heavy atom. The van der Waals surface area contributed by atoms with Crippen LogP contribution in [-0.2, 0) is 0 Å². The second-order valence-corrected chi connectivity index (χ2v) is 5.98. The number of fused-ring (bicyclic) bond motifs is 1. The number of H-pyrrole nitrogens is 1. The number of rotatable bonds is 4. The fraction of sp³-hybridized carbons (Fsp3) is 0.200. The molecule has 0 atom stereocenters. The zero-order valence-corrected chi connectivity index (χ0v) is 14.0. The summed E-state index contributed by atoms with van der Waals surface area (Å²) in [6.45, 7) is 5.99.